The minimum absolute atomic E-state index is 0.0678. The number of nitrogens with zero attached hydrogens (tertiary/aromatic N) is 1. The van der Waals surface area contributed by atoms with Crippen LogP contribution in [0.4, 0.5) is 4.79 Å². The van der Waals surface area contributed by atoms with Crippen molar-refractivity contribution in [3.8, 4) is 5.88 Å². The highest BCUT2D eigenvalue weighted by atomic mass is 16.6. The molecule has 0 aliphatic heterocycles. The average molecular weight is 446 g/mol. The van der Waals surface area contributed by atoms with E-state index in [-0.39, 0.29) is 17.0 Å². The maximum atomic E-state index is 13.2. The molecule has 7 heteroatoms. The van der Waals surface area contributed by atoms with Gasteiger partial charge in [-0.25, -0.2) is 9.78 Å². The van der Waals surface area contributed by atoms with E-state index < -0.39 is 6.09 Å². The molecule has 2 unspecified atom stereocenters. The van der Waals surface area contributed by atoms with Gasteiger partial charge in [0.05, 0.1) is 6.26 Å². The van der Waals surface area contributed by atoms with Gasteiger partial charge >= 0.3 is 6.09 Å². The number of aryl methyl sites for hydroxylation is 1. The number of rotatable bonds is 4. The van der Waals surface area contributed by atoms with Crippen molar-refractivity contribution >= 4 is 23.0 Å². The molecular weight excluding hydrogens is 418 g/mol. The first-order valence-corrected chi connectivity index (χ1v) is 11.6. The molecule has 0 saturated heterocycles. The first-order chi connectivity index (χ1) is 15.9. The quantitative estimate of drug-likeness (QED) is 0.605. The van der Waals surface area contributed by atoms with E-state index in [1.165, 1.54) is 0 Å². The van der Waals surface area contributed by atoms with Crippen LogP contribution in [0.3, 0.4) is 0 Å². The van der Waals surface area contributed by atoms with Crippen LogP contribution < -0.4 is 15.4 Å². The van der Waals surface area contributed by atoms with E-state index in [0.717, 1.165) is 55.2 Å². The van der Waals surface area contributed by atoms with Gasteiger partial charge in [0, 0.05) is 33.8 Å². The van der Waals surface area contributed by atoms with Gasteiger partial charge in [-0.3, -0.25) is 4.79 Å². The molecule has 2 aromatic heterocycles. The van der Waals surface area contributed by atoms with Crippen molar-refractivity contribution < 1.29 is 18.7 Å². The summed E-state index contributed by atoms with van der Waals surface area (Å²) >= 11 is 0. The highest BCUT2D eigenvalue weighted by Crippen LogP contribution is 2.57. The molecule has 170 valence electrons. The molecule has 2 amide bonds. The molecule has 7 nitrogen and oxygen atoms in total. The first-order valence-electron chi connectivity index (χ1n) is 11.6. The number of carbonyl (C=O) groups is 2. The number of furan rings is 1. The minimum Gasteiger partial charge on any atom is -0.464 e. The van der Waals surface area contributed by atoms with Crippen molar-refractivity contribution in [2.45, 2.75) is 56.5 Å². The Morgan fingerprint density at radius 2 is 1.79 bits per heavy atom. The highest BCUT2D eigenvalue weighted by Gasteiger charge is 2.59. The van der Waals surface area contributed by atoms with Crippen LogP contribution in [-0.2, 0) is 0 Å². The van der Waals surface area contributed by atoms with Crippen molar-refractivity contribution in [1.82, 2.24) is 15.6 Å². The Kier molecular flexibility index (Phi) is 4.50. The summed E-state index contributed by atoms with van der Waals surface area (Å²) in [6, 6.07) is 12.7. The predicted octanol–water partition coefficient (Wildman–Crippen LogP) is 4.75. The molecule has 0 spiro atoms. The molecule has 4 bridgehead atoms. The molecule has 7 rings (SSSR count). The largest absolute Gasteiger partial charge is 0.464 e. The zero-order valence-electron chi connectivity index (χ0n) is 18.6. The van der Waals surface area contributed by atoms with Gasteiger partial charge in [0.1, 0.15) is 5.58 Å². The molecule has 0 radical (unpaired) electrons. The Bertz CT molecular complexity index is 1240. The Morgan fingerprint density at radius 1 is 1.03 bits per heavy atom. The summed E-state index contributed by atoms with van der Waals surface area (Å²) in [7, 11) is 0. The number of nitrogens with one attached hydrogen (secondary N) is 2. The summed E-state index contributed by atoms with van der Waals surface area (Å²) in [4.78, 5) is 30.3. The van der Waals surface area contributed by atoms with E-state index in [0.29, 0.717) is 23.3 Å². The summed E-state index contributed by atoms with van der Waals surface area (Å²) in [6.07, 6.45) is 6.83. The molecule has 4 saturated carbocycles. The first kappa shape index (κ1) is 20.3. The standard InChI is InChI=1S/C26H27N3O4/c1-16-3-2-4-22(27-16)33-24(31)29-26-13-17-9-18(14-26)12-25(11-17,15-26)28-23(30)20-5-6-21-19(10-20)7-8-32-21/h2-8,10,17-18H,9,11-15H2,1H3,(H,28,30)(H,29,31). The van der Waals surface area contributed by atoms with Crippen LogP contribution in [0, 0.1) is 18.8 Å². The third-order valence-electron chi connectivity index (χ3n) is 7.58. The van der Waals surface area contributed by atoms with Gasteiger partial charge in [-0.15, -0.1) is 0 Å². The van der Waals surface area contributed by atoms with Crippen molar-refractivity contribution in [2.75, 3.05) is 0 Å². The van der Waals surface area contributed by atoms with Crippen LogP contribution >= 0.6 is 0 Å². The third kappa shape index (κ3) is 3.75. The number of benzene rings is 1. The topological polar surface area (TPSA) is 93.5 Å². The van der Waals surface area contributed by atoms with Gasteiger partial charge in [-0.1, -0.05) is 6.07 Å². The molecule has 3 aromatic rings. The number of hydrogen-bond acceptors (Lipinski definition) is 5. The van der Waals surface area contributed by atoms with Crippen molar-refractivity contribution in [3.63, 3.8) is 0 Å². The molecule has 33 heavy (non-hydrogen) atoms. The summed E-state index contributed by atoms with van der Waals surface area (Å²) in [5.41, 5.74) is 1.54. The number of fused-ring (bicyclic) bond motifs is 1. The minimum atomic E-state index is -0.470. The fraction of sp³-hybridized carbons (Fsp3) is 0.423. The number of amides is 2. The highest BCUT2D eigenvalue weighted by molar-refractivity contribution is 5.98. The van der Waals surface area contributed by atoms with Gasteiger partial charge in [0.25, 0.3) is 5.91 Å². The van der Waals surface area contributed by atoms with E-state index in [2.05, 4.69) is 15.6 Å². The van der Waals surface area contributed by atoms with Gasteiger partial charge in [-0.2, -0.15) is 0 Å². The fourth-order valence-electron chi connectivity index (χ4n) is 6.89. The number of ether oxygens (including phenoxy) is 1. The normalized spacial score (nSPS) is 29.7. The Morgan fingerprint density at radius 3 is 2.55 bits per heavy atom. The summed E-state index contributed by atoms with van der Waals surface area (Å²) in [6.45, 7) is 1.86. The van der Waals surface area contributed by atoms with Crippen molar-refractivity contribution in [2.24, 2.45) is 11.8 Å². The lowest BCUT2D eigenvalue weighted by molar-refractivity contribution is -0.0449. The van der Waals surface area contributed by atoms with E-state index in [1.54, 1.807) is 12.3 Å². The summed E-state index contributed by atoms with van der Waals surface area (Å²) < 4.78 is 10.9. The predicted molar refractivity (Wildman–Crippen MR) is 122 cm³/mol. The summed E-state index contributed by atoms with van der Waals surface area (Å²) in [5.74, 6) is 1.21. The zero-order chi connectivity index (χ0) is 22.6. The molecule has 4 fully saturated rings. The molecule has 2 N–H and O–H groups in total. The Balaban J connectivity index is 1.20. The van der Waals surface area contributed by atoms with Gasteiger partial charge in [0.15, 0.2) is 0 Å². The van der Waals surface area contributed by atoms with E-state index in [9.17, 15) is 9.59 Å². The zero-order valence-corrected chi connectivity index (χ0v) is 18.6. The molecule has 2 heterocycles. The van der Waals surface area contributed by atoms with Crippen molar-refractivity contribution in [1.29, 1.82) is 0 Å². The van der Waals surface area contributed by atoms with Crippen molar-refractivity contribution in [3.05, 3.63) is 60.0 Å². The van der Waals surface area contributed by atoms with Gasteiger partial charge in [0.2, 0.25) is 5.88 Å². The number of hydrogen-bond donors (Lipinski definition) is 2. The second-order valence-corrected chi connectivity index (χ2v) is 10.3. The Hall–Kier alpha value is -3.35. The smallest absolute Gasteiger partial charge is 0.414 e. The molecule has 2 atom stereocenters. The second-order valence-electron chi connectivity index (χ2n) is 10.3. The number of carbonyl (C=O) groups excluding carboxylic acids is 2. The second kappa shape index (κ2) is 7.33. The van der Waals surface area contributed by atoms with Crippen LogP contribution in [0.15, 0.2) is 53.1 Å². The van der Waals surface area contributed by atoms with Crippen LogP contribution in [-0.4, -0.2) is 28.1 Å². The Labute approximate surface area is 191 Å². The van der Waals surface area contributed by atoms with E-state index >= 15 is 0 Å². The van der Waals surface area contributed by atoms with Gasteiger partial charge < -0.3 is 19.8 Å². The van der Waals surface area contributed by atoms with Gasteiger partial charge in [-0.05, 0) is 87.6 Å². The van der Waals surface area contributed by atoms with E-state index in [1.807, 2.05) is 43.3 Å². The lowest BCUT2D eigenvalue weighted by atomic mass is 9.50. The van der Waals surface area contributed by atoms with Crippen LogP contribution in [0.1, 0.15) is 54.6 Å². The monoisotopic (exact) mass is 445 g/mol. The van der Waals surface area contributed by atoms with Crippen LogP contribution in [0.5, 0.6) is 5.88 Å². The summed E-state index contributed by atoms with van der Waals surface area (Å²) in [5, 5.41) is 7.48. The maximum Gasteiger partial charge on any atom is 0.414 e. The third-order valence-corrected chi connectivity index (χ3v) is 7.58. The van der Waals surface area contributed by atoms with Crippen LogP contribution in [0.25, 0.3) is 11.0 Å². The molecule has 4 aliphatic rings. The number of aromatic nitrogens is 1. The number of pyridine rings is 1. The SMILES string of the molecule is Cc1cccc(OC(=O)NC23CC4CC(C2)CC(NC(=O)c2ccc5occc5c2)(C4)C3)n1. The lowest BCUT2D eigenvalue weighted by Crippen LogP contribution is -2.70. The lowest BCUT2D eigenvalue weighted by Gasteiger charge is -2.62. The molecule has 4 aliphatic carbocycles. The average Bonchev–Trinajstić information content (AvgIpc) is 3.19. The van der Waals surface area contributed by atoms with Crippen LogP contribution in [0.2, 0.25) is 0 Å². The molecular formula is C26H27N3O4. The maximum absolute atomic E-state index is 13.2. The fourth-order valence-corrected chi connectivity index (χ4v) is 6.89. The molecule has 1 aromatic carbocycles. The van der Waals surface area contributed by atoms with E-state index in [4.69, 9.17) is 9.15 Å².